The number of piperidine rings is 1. The van der Waals surface area contributed by atoms with Crippen molar-refractivity contribution in [2.24, 2.45) is 0 Å². The van der Waals surface area contributed by atoms with Gasteiger partial charge in [-0.15, -0.1) is 0 Å². The van der Waals surface area contributed by atoms with Crippen LogP contribution in [-0.4, -0.2) is 41.7 Å². The number of hydrogen-bond acceptors (Lipinski definition) is 4. The summed E-state index contributed by atoms with van der Waals surface area (Å²) < 4.78 is 18.5. The first-order valence-electron chi connectivity index (χ1n) is 10.4. The van der Waals surface area contributed by atoms with Gasteiger partial charge in [-0.25, -0.2) is 4.39 Å². The second-order valence-corrected chi connectivity index (χ2v) is 7.64. The summed E-state index contributed by atoms with van der Waals surface area (Å²) in [7, 11) is 0. The van der Waals surface area contributed by atoms with Gasteiger partial charge in [0.1, 0.15) is 5.82 Å². The van der Waals surface area contributed by atoms with E-state index in [0.717, 1.165) is 43.6 Å². The standard InChI is InChI=1S/C24H29FN2O3/c1-3-30-23-15-19(6-9-22(23)28)16-27-12-10-21(11-13-27)26-24(29)17(2)14-18-4-7-20(25)8-5-18/h4-9,14-15,21,28H,3,10-13,16H2,1-2H3,(H,26,29). The maximum absolute atomic E-state index is 13.0. The van der Waals surface area contributed by atoms with Crippen LogP contribution in [0, 0.1) is 5.82 Å². The smallest absolute Gasteiger partial charge is 0.247 e. The van der Waals surface area contributed by atoms with Gasteiger partial charge in [-0.3, -0.25) is 9.69 Å². The van der Waals surface area contributed by atoms with Gasteiger partial charge in [0.05, 0.1) is 6.61 Å². The third-order valence-corrected chi connectivity index (χ3v) is 5.26. The van der Waals surface area contributed by atoms with Crippen molar-refractivity contribution in [3.05, 3.63) is 65.0 Å². The molecule has 0 bridgehead atoms. The molecule has 6 heteroatoms. The van der Waals surface area contributed by atoms with E-state index >= 15 is 0 Å². The summed E-state index contributed by atoms with van der Waals surface area (Å²) >= 11 is 0. The molecule has 2 aromatic rings. The molecular formula is C24H29FN2O3. The number of amides is 1. The van der Waals surface area contributed by atoms with Gasteiger partial charge in [0.25, 0.3) is 0 Å². The van der Waals surface area contributed by atoms with E-state index in [0.29, 0.717) is 17.9 Å². The van der Waals surface area contributed by atoms with E-state index in [9.17, 15) is 14.3 Å². The van der Waals surface area contributed by atoms with Crippen molar-refractivity contribution in [3.8, 4) is 11.5 Å². The summed E-state index contributed by atoms with van der Waals surface area (Å²) in [5, 5.41) is 12.9. The van der Waals surface area contributed by atoms with E-state index < -0.39 is 0 Å². The third kappa shape index (κ3) is 6.07. The van der Waals surface area contributed by atoms with Crippen LogP contribution in [0.2, 0.25) is 0 Å². The first kappa shape index (κ1) is 21.8. The molecule has 2 N–H and O–H groups in total. The molecule has 1 fully saturated rings. The molecule has 0 aromatic heterocycles. The Kier molecular flexibility index (Phi) is 7.46. The van der Waals surface area contributed by atoms with E-state index in [2.05, 4.69) is 10.2 Å². The van der Waals surface area contributed by atoms with Crippen molar-refractivity contribution in [2.45, 2.75) is 39.3 Å². The SMILES string of the molecule is CCOc1cc(CN2CCC(NC(=O)C(C)=Cc3ccc(F)cc3)CC2)ccc1O. The van der Waals surface area contributed by atoms with Crippen LogP contribution in [0.1, 0.15) is 37.8 Å². The van der Waals surface area contributed by atoms with E-state index in [1.54, 1.807) is 31.2 Å². The predicted molar refractivity (Wildman–Crippen MR) is 116 cm³/mol. The van der Waals surface area contributed by atoms with E-state index in [1.807, 2.05) is 19.1 Å². The Morgan fingerprint density at radius 2 is 1.93 bits per heavy atom. The number of rotatable bonds is 7. The molecule has 1 amide bonds. The minimum atomic E-state index is -0.289. The largest absolute Gasteiger partial charge is 0.504 e. The number of nitrogens with zero attached hydrogens (tertiary/aromatic N) is 1. The van der Waals surface area contributed by atoms with E-state index in [-0.39, 0.29) is 23.5 Å². The fourth-order valence-electron chi connectivity index (χ4n) is 3.60. The monoisotopic (exact) mass is 412 g/mol. The molecule has 0 aliphatic carbocycles. The molecule has 1 saturated heterocycles. The number of nitrogens with one attached hydrogen (secondary N) is 1. The Balaban J connectivity index is 1.49. The maximum atomic E-state index is 13.0. The summed E-state index contributed by atoms with van der Waals surface area (Å²) in [6.07, 6.45) is 3.53. The van der Waals surface area contributed by atoms with Crippen molar-refractivity contribution in [1.29, 1.82) is 0 Å². The topological polar surface area (TPSA) is 61.8 Å². The molecule has 1 aliphatic heterocycles. The van der Waals surface area contributed by atoms with E-state index in [4.69, 9.17) is 4.74 Å². The molecule has 5 nitrogen and oxygen atoms in total. The zero-order valence-corrected chi connectivity index (χ0v) is 17.5. The second kappa shape index (κ2) is 10.3. The van der Waals surface area contributed by atoms with Crippen molar-refractivity contribution in [2.75, 3.05) is 19.7 Å². The van der Waals surface area contributed by atoms with Crippen LogP contribution in [0.25, 0.3) is 6.08 Å². The third-order valence-electron chi connectivity index (χ3n) is 5.26. The Hall–Kier alpha value is -2.86. The van der Waals surface area contributed by atoms with Gasteiger partial charge in [0.15, 0.2) is 11.5 Å². The molecule has 3 rings (SSSR count). The van der Waals surface area contributed by atoms with Crippen LogP contribution in [0.15, 0.2) is 48.0 Å². The molecule has 1 aliphatic rings. The molecule has 2 aromatic carbocycles. The van der Waals surface area contributed by atoms with Crippen LogP contribution in [0.3, 0.4) is 0 Å². The Morgan fingerprint density at radius 1 is 1.23 bits per heavy atom. The van der Waals surface area contributed by atoms with Gasteiger partial charge in [0.2, 0.25) is 5.91 Å². The molecule has 0 unspecified atom stereocenters. The quantitative estimate of drug-likeness (QED) is 0.672. The number of carbonyl (C=O) groups excluding carboxylic acids is 1. The number of phenols is 1. The van der Waals surface area contributed by atoms with Crippen molar-refractivity contribution in [3.63, 3.8) is 0 Å². The lowest BCUT2D eigenvalue weighted by molar-refractivity contribution is -0.118. The average Bonchev–Trinajstić information content (AvgIpc) is 2.73. The lowest BCUT2D eigenvalue weighted by Crippen LogP contribution is -2.44. The fourth-order valence-corrected chi connectivity index (χ4v) is 3.60. The number of benzene rings is 2. The average molecular weight is 413 g/mol. The summed E-state index contributed by atoms with van der Waals surface area (Å²) in [6.45, 7) is 6.73. The van der Waals surface area contributed by atoms with Crippen molar-refractivity contribution in [1.82, 2.24) is 10.2 Å². The summed E-state index contributed by atoms with van der Waals surface area (Å²) in [6, 6.07) is 11.7. The lowest BCUT2D eigenvalue weighted by atomic mass is 10.0. The van der Waals surface area contributed by atoms with Crippen molar-refractivity contribution < 1.29 is 19.0 Å². The molecule has 0 saturated carbocycles. The van der Waals surface area contributed by atoms with E-state index in [1.165, 1.54) is 12.1 Å². The van der Waals surface area contributed by atoms with Crippen LogP contribution in [0.5, 0.6) is 11.5 Å². The first-order chi connectivity index (χ1) is 14.4. The summed E-state index contributed by atoms with van der Waals surface area (Å²) in [5.74, 6) is 0.298. The maximum Gasteiger partial charge on any atom is 0.247 e. The van der Waals surface area contributed by atoms with Gasteiger partial charge in [-0.05, 0) is 68.2 Å². The second-order valence-electron chi connectivity index (χ2n) is 7.64. The van der Waals surface area contributed by atoms with Crippen LogP contribution in [-0.2, 0) is 11.3 Å². The molecule has 0 spiro atoms. The number of aromatic hydroxyl groups is 1. The fraction of sp³-hybridized carbons (Fsp3) is 0.375. The first-order valence-corrected chi connectivity index (χ1v) is 10.4. The number of likely N-dealkylation sites (tertiary alicyclic amines) is 1. The number of phenolic OH excluding ortho intramolecular Hbond substituents is 1. The Labute approximate surface area is 177 Å². The van der Waals surface area contributed by atoms with Gasteiger partial charge < -0.3 is 15.2 Å². The minimum Gasteiger partial charge on any atom is -0.504 e. The molecule has 160 valence electrons. The Morgan fingerprint density at radius 3 is 2.60 bits per heavy atom. The molecule has 0 radical (unpaired) electrons. The summed E-state index contributed by atoms with van der Waals surface area (Å²) in [4.78, 5) is 14.8. The highest BCUT2D eigenvalue weighted by Crippen LogP contribution is 2.27. The van der Waals surface area contributed by atoms with Gasteiger partial charge in [0, 0.05) is 31.2 Å². The van der Waals surface area contributed by atoms with Crippen LogP contribution in [0.4, 0.5) is 4.39 Å². The summed E-state index contributed by atoms with van der Waals surface area (Å²) in [5.41, 5.74) is 2.51. The number of carbonyl (C=O) groups is 1. The zero-order valence-electron chi connectivity index (χ0n) is 17.5. The molecule has 30 heavy (non-hydrogen) atoms. The number of ether oxygens (including phenoxy) is 1. The minimum absolute atomic E-state index is 0.0855. The number of halogens is 1. The molecule has 1 heterocycles. The predicted octanol–water partition coefficient (Wildman–Crippen LogP) is 4.11. The van der Waals surface area contributed by atoms with Crippen LogP contribution >= 0.6 is 0 Å². The highest BCUT2D eigenvalue weighted by Gasteiger charge is 2.21. The highest BCUT2D eigenvalue weighted by molar-refractivity contribution is 5.97. The lowest BCUT2D eigenvalue weighted by Gasteiger charge is -2.32. The normalized spacial score (nSPS) is 15.8. The molecule has 0 atom stereocenters. The van der Waals surface area contributed by atoms with Crippen molar-refractivity contribution >= 4 is 12.0 Å². The number of hydrogen-bond donors (Lipinski definition) is 2. The van der Waals surface area contributed by atoms with Gasteiger partial charge in [-0.2, -0.15) is 0 Å². The van der Waals surface area contributed by atoms with Crippen LogP contribution < -0.4 is 10.1 Å². The Bertz CT molecular complexity index is 888. The zero-order chi connectivity index (χ0) is 21.5. The van der Waals surface area contributed by atoms with Gasteiger partial charge in [-0.1, -0.05) is 18.2 Å². The highest BCUT2D eigenvalue weighted by atomic mass is 19.1. The molecular weight excluding hydrogens is 383 g/mol. The van der Waals surface area contributed by atoms with Gasteiger partial charge >= 0.3 is 0 Å².